The number of carbonyl (C=O) groups is 2. The fourth-order valence-electron chi connectivity index (χ4n) is 1.21. The van der Waals surface area contributed by atoms with Crippen LogP contribution in [0.5, 0.6) is 0 Å². The molecule has 1 atom stereocenters. The van der Waals surface area contributed by atoms with E-state index >= 15 is 0 Å². The first-order valence-electron chi connectivity index (χ1n) is 5.19. The monoisotopic (exact) mass is 274 g/mol. The highest BCUT2D eigenvalue weighted by Gasteiger charge is 2.17. The third-order valence-corrected chi connectivity index (χ3v) is 2.19. The number of urea groups is 1. The Morgan fingerprint density at radius 3 is 2.63 bits per heavy atom. The van der Waals surface area contributed by atoms with E-state index in [4.69, 9.17) is 5.11 Å². The Morgan fingerprint density at radius 1 is 1.42 bits per heavy atom. The average Bonchev–Trinajstić information content (AvgIpc) is 2.33. The minimum Gasteiger partial charge on any atom is -0.479 e. The Hall–Kier alpha value is -2.22. The molecule has 19 heavy (non-hydrogen) atoms. The number of carbonyl (C=O) groups excluding carboxylic acids is 1. The molecule has 0 aliphatic heterocycles. The van der Waals surface area contributed by atoms with Gasteiger partial charge in [-0.05, 0) is 12.1 Å². The molecule has 0 radical (unpaired) electrons. The van der Waals surface area contributed by atoms with Crippen molar-refractivity contribution in [3.8, 4) is 0 Å². The molecule has 0 fully saturated rings. The maximum Gasteiger partial charge on any atom is 0.334 e. The van der Waals surface area contributed by atoms with Gasteiger partial charge in [-0.3, -0.25) is 0 Å². The molecule has 0 saturated heterocycles. The number of nitrogens with one attached hydrogen (secondary N) is 2. The quantitative estimate of drug-likeness (QED) is 0.752. The number of anilines is 1. The average molecular weight is 274 g/mol. The zero-order valence-corrected chi connectivity index (χ0v) is 9.94. The predicted molar refractivity (Wildman–Crippen MR) is 61.8 cm³/mol. The van der Waals surface area contributed by atoms with Gasteiger partial charge in [0.2, 0.25) is 0 Å². The zero-order chi connectivity index (χ0) is 14.4. The SMILES string of the molecule is COC(CNC(=O)Nc1ccc(F)cc1F)C(=O)O. The van der Waals surface area contributed by atoms with Crippen LogP contribution in [-0.2, 0) is 9.53 Å². The van der Waals surface area contributed by atoms with E-state index in [1.54, 1.807) is 0 Å². The lowest BCUT2D eigenvalue weighted by molar-refractivity contribution is -0.147. The van der Waals surface area contributed by atoms with Gasteiger partial charge in [0.15, 0.2) is 6.10 Å². The standard InChI is InChI=1S/C11H12F2N2O4/c1-19-9(10(16)17)5-14-11(18)15-8-3-2-6(12)4-7(8)13/h2-4,9H,5H2,1H3,(H,16,17)(H2,14,15,18). The van der Waals surface area contributed by atoms with E-state index < -0.39 is 29.7 Å². The molecule has 2 amide bonds. The summed E-state index contributed by atoms with van der Waals surface area (Å²) in [6.45, 7) is -0.291. The lowest BCUT2D eigenvalue weighted by Crippen LogP contribution is -2.39. The molecule has 1 aromatic carbocycles. The number of halogens is 2. The summed E-state index contributed by atoms with van der Waals surface area (Å²) < 4.78 is 30.4. The van der Waals surface area contributed by atoms with Crippen molar-refractivity contribution in [1.29, 1.82) is 0 Å². The number of hydrogen-bond acceptors (Lipinski definition) is 3. The van der Waals surface area contributed by atoms with Gasteiger partial charge >= 0.3 is 12.0 Å². The number of amides is 2. The minimum atomic E-state index is -1.24. The third-order valence-electron chi connectivity index (χ3n) is 2.19. The molecule has 8 heteroatoms. The maximum atomic E-state index is 13.2. The lowest BCUT2D eigenvalue weighted by atomic mass is 10.3. The first-order valence-corrected chi connectivity index (χ1v) is 5.19. The van der Waals surface area contributed by atoms with E-state index in [0.717, 1.165) is 12.1 Å². The van der Waals surface area contributed by atoms with Crippen molar-refractivity contribution in [1.82, 2.24) is 5.32 Å². The Balaban J connectivity index is 2.53. The van der Waals surface area contributed by atoms with Crippen LogP contribution in [0.1, 0.15) is 0 Å². The number of ether oxygens (including phenoxy) is 1. The van der Waals surface area contributed by atoms with Crippen molar-refractivity contribution in [2.45, 2.75) is 6.10 Å². The van der Waals surface area contributed by atoms with Crippen molar-refractivity contribution < 1.29 is 28.2 Å². The van der Waals surface area contributed by atoms with Crippen LogP contribution in [0.3, 0.4) is 0 Å². The Bertz CT molecular complexity index is 482. The second kappa shape index (κ2) is 6.64. The predicted octanol–water partition coefficient (Wildman–Crippen LogP) is 1.19. The molecule has 0 heterocycles. The molecule has 0 aliphatic carbocycles. The van der Waals surface area contributed by atoms with Crippen LogP contribution in [0.2, 0.25) is 0 Å². The van der Waals surface area contributed by atoms with Crippen LogP contribution in [0, 0.1) is 11.6 Å². The first kappa shape index (κ1) is 14.8. The van der Waals surface area contributed by atoms with E-state index in [0.29, 0.717) is 6.07 Å². The third kappa shape index (κ3) is 4.51. The van der Waals surface area contributed by atoms with Crippen LogP contribution in [0.15, 0.2) is 18.2 Å². The van der Waals surface area contributed by atoms with Gasteiger partial charge in [-0.2, -0.15) is 0 Å². The number of benzene rings is 1. The number of rotatable bonds is 5. The summed E-state index contributed by atoms with van der Waals surface area (Å²) in [6, 6.07) is 1.82. The van der Waals surface area contributed by atoms with Crippen molar-refractivity contribution in [2.75, 3.05) is 19.0 Å². The molecule has 0 spiro atoms. The highest BCUT2D eigenvalue weighted by atomic mass is 19.1. The van der Waals surface area contributed by atoms with Gasteiger partial charge in [-0.1, -0.05) is 0 Å². The molecule has 104 valence electrons. The Morgan fingerprint density at radius 2 is 2.11 bits per heavy atom. The van der Waals surface area contributed by atoms with Gasteiger partial charge < -0.3 is 20.5 Å². The normalized spacial score (nSPS) is 11.7. The summed E-state index contributed by atoms with van der Waals surface area (Å²) in [5.74, 6) is -2.94. The Kier molecular flexibility index (Phi) is 5.19. The number of hydrogen-bond donors (Lipinski definition) is 3. The zero-order valence-electron chi connectivity index (χ0n) is 9.94. The van der Waals surface area contributed by atoms with Crippen molar-refractivity contribution in [3.63, 3.8) is 0 Å². The van der Waals surface area contributed by atoms with Crippen LogP contribution in [0.4, 0.5) is 19.3 Å². The van der Waals surface area contributed by atoms with Gasteiger partial charge in [-0.25, -0.2) is 18.4 Å². The van der Waals surface area contributed by atoms with Gasteiger partial charge in [0, 0.05) is 13.2 Å². The summed E-state index contributed by atoms with van der Waals surface area (Å²) >= 11 is 0. The smallest absolute Gasteiger partial charge is 0.334 e. The van der Waals surface area contributed by atoms with Crippen LogP contribution >= 0.6 is 0 Å². The summed E-state index contributed by atoms with van der Waals surface area (Å²) in [5, 5.41) is 13.0. The van der Waals surface area contributed by atoms with E-state index in [9.17, 15) is 18.4 Å². The molecule has 1 aromatic rings. The number of carboxylic acids is 1. The molecule has 6 nitrogen and oxygen atoms in total. The van der Waals surface area contributed by atoms with Crippen LogP contribution in [0.25, 0.3) is 0 Å². The summed E-state index contributed by atoms with van der Waals surface area (Å²) in [6.07, 6.45) is -1.20. The second-order valence-electron chi connectivity index (χ2n) is 3.52. The topological polar surface area (TPSA) is 87.7 Å². The van der Waals surface area contributed by atoms with Crippen LogP contribution < -0.4 is 10.6 Å². The van der Waals surface area contributed by atoms with E-state index in [-0.39, 0.29) is 12.2 Å². The number of aliphatic carboxylic acids is 1. The van der Waals surface area contributed by atoms with Gasteiger partial charge in [0.05, 0.1) is 12.2 Å². The Labute approximate surface area is 107 Å². The van der Waals surface area contributed by atoms with Gasteiger partial charge in [0.1, 0.15) is 11.6 Å². The van der Waals surface area contributed by atoms with Gasteiger partial charge in [-0.15, -0.1) is 0 Å². The van der Waals surface area contributed by atoms with E-state index in [1.807, 2.05) is 0 Å². The van der Waals surface area contributed by atoms with Gasteiger partial charge in [0.25, 0.3) is 0 Å². The number of methoxy groups -OCH3 is 1. The molecule has 1 unspecified atom stereocenters. The minimum absolute atomic E-state index is 0.219. The number of carboxylic acid groups (broad SMARTS) is 1. The van der Waals surface area contributed by atoms with Crippen LogP contribution in [-0.4, -0.2) is 36.9 Å². The largest absolute Gasteiger partial charge is 0.479 e. The summed E-state index contributed by atoms with van der Waals surface area (Å²) in [4.78, 5) is 22.0. The fourth-order valence-corrected chi connectivity index (χ4v) is 1.21. The molecule has 0 aliphatic rings. The maximum absolute atomic E-state index is 13.2. The summed E-state index contributed by atoms with van der Waals surface area (Å²) in [5.41, 5.74) is -0.219. The van der Waals surface area contributed by atoms with Crippen molar-refractivity contribution in [3.05, 3.63) is 29.8 Å². The molecule has 0 bridgehead atoms. The molecule has 3 N–H and O–H groups in total. The van der Waals surface area contributed by atoms with Crippen molar-refractivity contribution in [2.24, 2.45) is 0 Å². The highest BCUT2D eigenvalue weighted by Crippen LogP contribution is 2.14. The second-order valence-corrected chi connectivity index (χ2v) is 3.52. The molecular weight excluding hydrogens is 262 g/mol. The highest BCUT2D eigenvalue weighted by molar-refractivity contribution is 5.89. The van der Waals surface area contributed by atoms with E-state index in [1.165, 1.54) is 7.11 Å². The first-order chi connectivity index (χ1) is 8.93. The molecule has 1 rings (SSSR count). The lowest BCUT2D eigenvalue weighted by Gasteiger charge is -2.12. The molecular formula is C11H12F2N2O4. The fraction of sp³-hybridized carbons (Fsp3) is 0.273. The molecule has 0 saturated carbocycles. The van der Waals surface area contributed by atoms with Crippen molar-refractivity contribution >= 4 is 17.7 Å². The molecule has 0 aromatic heterocycles. The van der Waals surface area contributed by atoms with E-state index in [2.05, 4.69) is 15.4 Å². The summed E-state index contributed by atoms with van der Waals surface area (Å²) in [7, 11) is 1.18.